The predicted octanol–water partition coefficient (Wildman–Crippen LogP) is 11.0. The molecular formula is C36H48F3NO2Si. The molecule has 0 bridgehead atoms. The van der Waals surface area contributed by atoms with Crippen molar-refractivity contribution in [2.24, 2.45) is 5.41 Å². The van der Waals surface area contributed by atoms with Crippen LogP contribution in [0, 0.1) is 5.41 Å². The van der Waals surface area contributed by atoms with E-state index in [-0.39, 0.29) is 33.8 Å². The van der Waals surface area contributed by atoms with Gasteiger partial charge in [-0.15, -0.1) is 0 Å². The summed E-state index contributed by atoms with van der Waals surface area (Å²) >= 11 is 0. The lowest BCUT2D eigenvalue weighted by Gasteiger charge is -2.45. The van der Waals surface area contributed by atoms with Crippen LogP contribution in [-0.2, 0) is 17.0 Å². The molecule has 0 aliphatic heterocycles. The summed E-state index contributed by atoms with van der Waals surface area (Å²) in [4.78, 5) is 20.0. The molecule has 0 amide bonds. The molecule has 3 aliphatic carbocycles. The highest BCUT2D eigenvalue weighted by atomic mass is 28.4. The Morgan fingerprint density at radius 1 is 0.977 bits per heavy atom. The number of ketones is 1. The lowest BCUT2D eigenvalue weighted by molar-refractivity contribution is -0.137. The first kappa shape index (κ1) is 32.1. The summed E-state index contributed by atoms with van der Waals surface area (Å²) in [6, 6.07) is 4.74. The second-order valence-corrected chi connectivity index (χ2v) is 20.1. The van der Waals surface area contributed by atoms with Crippen LogP contribution in [0.25, 0.3) is 5.57 Å². The zero-order valence-corrected chi connectivity index (χ0v) is 28.0. The van der Waals surface area contributed by atoms with E-state index in [1.807, 2.05) is 0 Å². The van der Waals surface area contributed by atoms with Gasteiger partial charge in [-0.1, -0.05) is 65.7 Å². The van der Waals surface area contributed by atoms with E-state index in [1.54, 1.807) is 0 Å². The fourth-order valence-corrected chi connectivity index (χ4v) is 8.30. The Morgan fingerprint density at radius 2 is 1.63 bits per heavy atom. The molecule has 0 spiro atoms. The lowest BCUT2D eigenvalue weighted by atomic mass is 9.70. The van der Waals surface area contributed by atoms with Gasteiger partial charge >= 0.3 is 6.18 Å². The Bertz CT molecular complexity index is 1390. The second-order valence-electron chi connectivity index (χ2n) is 15.4. The molecule has 0 saturated heterocycles. The normalized spacial score (nSPS) is 21.4. The number of hydrogen-bond acceptors (Lipinski definition) is 3. The number of benzene rings is 1. The summed E-state index contributed by atoms with van der Waals surface area (Å²) in [6.07, 6.45) is 7.44. The number of nitrogens with zero attached hydrogens (tertiary/aromatic N) is 1. The molecule has 43 heavy (non-hydrogen) atoms. The van der Waals surface area contributed by atoms with Crippen LogP contribution >= 0.6 is 0 Å². The van der Waals surface area contributed by atoms with Gasteiger partial charge in [0.15, 0.2) is 14.1 Å². The van der Waals surface area contributed by atoms with Crippen LogP contribution in [0.3, 0.4) is 0 Å². The van der Waals surface area contributed by atoms with E-state index in [4.69, 9.17) is 9.41 Å². The number of halogens is 3. The van der Waals surface area contributed by atoms with Gasteiger partial charge in [-0.05, 0) is 104 Å². The van der Waals surface area contributed by atoms with Crippen molar-refractivity contribution >= 4 is 19.7 Å². The Kier molecular flexibility index (Phi) is 8.67. The highest BCUT2D eigenvalue weighted by Crippen LogP contribution is 2.52. The van der Waals surface area contributed by atoms with Crippen molar-refractivity contribution in [3.05, 3.63) is 69.5 Å². The van der Waals surface area contributed by atoms with Crippen molar-refractivity contribution in [2.75, 3.05) is 0 Å². The number of carbonyl (C=O) groups excluding carboxylic acids is 1. The van der Waals surface area contributed by atoms with E-state index in [0.29, 0.717) is 5.56 Å². The van der Waals surface area contributed by atoms with Crippen molar-refractivity contribution in [1.29, 1.82) is 0 Å². The van der Waals surface area contributed by atoms with E-state index >= 15 is 0 Å². The van der Waals surface area contributed by atoms with Gasteiger partial charge in [0.1, 0.15) is 0 Å². The van der Waals surface area contributed by atoms with Crippen LogP contribution in [0.4, 0.5) is 13.2 Å². The highest BCUT2D eigenvalue weighted by molar-refractivity contribution is 6.74. The van der Waals surface area contributed by atoms with Gasteiger partial charge in [0.05, 0.1) is 22.9 Å². The maximum Gasteiger partial charge on any atom is 0.416 e. The Morgan fingerprint density at radius 3 is 2.19 bits per heavy atom. The molecule has 2 aromatic rings. The Hall–Kier alpha value is -2.25. The van der Waals surface area contributed by atoms with Crippen molar-refractivity contribution in [3.8, 4) is 0 Å². The van der Waals surface area contributed by atoms with Crippen LogP contribution < -0.4 is 0 Å². The number of pyridine rings is 1. The standard InChI is InChI=1S/C36H48F3NO2Si/c1-34(2,3)43(6,7)42-28-22-35(4,5)21-27-30(28)29(23-13-11-12-14-23)31(32(40-27)24-15-9-8-10-16-24)33(41)25-17-19-26(20-18-25)36(37,38)39/h15,17-20,23,28H,8-14,16,21-22H2,1-7H3. The number of aromatic nitrogens is 1. The SMILES string of the molecule is CC1(C)Cc2nc(C3=CCCCC3)c(C(=O)c3ccc(C(F)(F)F)cc3)c(C3CCCC3)c2C(O[Si](C)(C)C(C)(C)C)C1. The summed E-state index contributed by atoms with van der Waals surface area (Å²) in [5, 5.41) is 0.0153. The van der Waals surface area contributed by atoms with Crippen LogP contribution in [0.2, 0.25) is 18.1 Å². The molecule has 234 valence electrons. The molecule has 1 unspecified atom stereocenters. The van der Waals surface area contributed by atoms with Crippen molar-refractivity contribution in [1.82, 2.24) is 4.98 Å². The summed E-state index contributed by atoms with van der Waals surface area (Å²) in [7, 11) is -2.19. The number of alkyl halides is 3. The van der Waals surface area contributed by atoms with Gasteiger partial charge in [0.25, 0.3) is 0 Å². The molecule has 0 radical (unpaired) electrons. The van der Waals surface area contributed by atoms with Gasteiger partial charge in [-0.25, -0.2) is 0 Å². The molecule has 7 heteroatoms. The lowest BCUT2D eigenvalue weighted by Crippen LogP contribution is -2.44. The quantitative estimate of drug-likeness (QED) is 0.241. The first-order valence-corrected chi connectivity index (χ1v) is 19.1. The summed E-state index contributed by atoms with van der Waals surface area (Å²) in [5.74, 6) is -0.0110. The van der Waals surface area contributed by atoms with E-state index in [1.165, 1.54) is 12.1 Å². The van der Waals surface area contributed by atoms with Crippen LogP contribution in [0.1, 0.15) is 148 Å². The second kappa shape index (κ2) is 11.6. The predicted molar refractivity (Wildman–Crippen MR) is 170 cm³/mol. The maximum atomic E-state index is 14.6. The summed E-state index contributed by atoms with van der Waals surface area (Å²) in [6.45, 7) is 15.9. The fraction of sp³-hybridized carbons (Fsp3) is 0.611. The van der Waals surface area contributed by atoms with E-state index in [9.17, 15) is 18.0 Å². The molecule has 1 saturated carbocycles. The number of rotatable bonds is 6. The van der Waals surface area contributed by atoms with Gasteiger partial charge in [-0.2, -0.15) is 13.2 Å². The number of fused-ring (bicyclic) bond motifs is 1. The molecule has 1 fully saturated rings. The van der Waals surface area contributed by atoms with E-state index in [2.05, 4.69) is 53.8 Å². The number of hydrogen-bond donors (Lipinski definition) is 0. The third kappa shape index (κ3) is 6.58. The minimum absolute atomic E-state index is 0.0153. The first-order valence-electron chi connectivity index (χ1n) is 16.1. The van der Waals surface area contributed by atoms with Gasteiger partial charge in [-0.3, -0.25) is 9.78 Å². The molecule has 5 rings (SSSR count). The Labute approximate surface area is 256 Å². The monoisotopic (exact) mass is 611 g/mol. The molecule has 3 nitrogen and oxygen atoms in total. The third-order valence-electron chi connectivity index (χ3n) is 10.4. The minimum atomic E-state index is -4.46. The molecule has 1 heterocycles. The third-order valence-corrected chi connectivity index (χ3v) is 14.8. The average molecular weight is 612 g/mol. The van der Waals surface area contributed by atoms with Crippen molar-refractivity contribution in [2.45, 2.75) is 135 Å². The molecule has 1 aromatic carbocycles. The molecule has 1 atom stereocenters. The number of carbonyl (C=O) groups is 1. The van der Waals surface area contributed by atoms with Crippen molar-refractivity contribution in [3.63, 3.8) is 0 Å². The Balaban J connectivity index is 1.78. The van der Waals surface area contributed by atoms with Crippen LogP contribution in [0.15, 0.2) is 30.3 Å². The topological polar surface area (TPSA) is 39.2 Å². The zero-order valence-electron chi connectivity index (χ0n) is 27.0. The fourth-order valence-electron chi connectivity index (χ4n) is 7.03. The van der Waals surface area contributed by atoms with Crippen molar-refractivity contribution < 1.29 is 22.4 Å². The smallest absolute Gasteiger partial charge is 0.410 e. The van der Waals surface area contributed by atoms with E-state index in [0.717, 1.165) is 104 Å². The molecular weight excluding hydrogens is 563 g/mol. The van der Waals surface area contributed by atoms with Gasteiger partial charge < -0.3 is 4.43 Å². The van der Waals surface area contributed by atoms with Gasteiger partial charge in [0, 0.05) is 16.8 Å². The minimum Gasteiger partial charge on any atom is -0.410 e. The highest BCUT2D eigenvalue weighted by Gasteiger charge is 2.46. The summed E-state index contributed by atoms with van der Waals surface area (Å²) in [5.41, 5.74) is 5.22. The molecule has 1 aromatic heterocycles. The maximum absolute atomic E-state index is 14.6. The van der Waals surface area contributed by atoms with Crippen LogP contribution in [0.5, 0.6) is 0 Å². The average Bonchev–Trinajstić information content (AvgIpc) is 3.45. The van der Waals surface area contributed by atoms with Gasteiger partial charge in [0.2, 0.25) is 0 Å². The number of allylic oxidation sites excluding steroid dienone is 2. The first-order chi connectivity index (χ1) is 20.0. The zero-order chi connectivity index (χ0) is 31.4. The van der Waals surface area contributed by atoms with E-state index < -0.39 is 20.1 Å². The van der Waals surface area contributed by atoms with Crippen LogP contribution in [-0.4, -0.2) is 19.1 Å². The largest absolute Gasteiger partial charge is 0.416 e. The molecule has 3 aliphatic rings. The molecule has 0 N–H and O–H groups in total. The summed E-state index contributed by atoms with van der Waals surface area (Å²) < 4.78 is 47.5.